The minimum absolute atomic E-state index is 0.313. The van der Waals surface area contributed by atoms with Crippen molar-refractivity contribution in [3.63, 3.8) is 0 Å². The second kappa shape index (κ2) is 7.48. The Morgan fingerprint density at radius 1 is 1.45 bits per heavy atom. The van der Waals surface area contributed by atoms with Gasteiger partial charge in [-0.15, -0.1) is 0 Å². The van der Waals surface area contributed by atoms with Crippen molar-refractivity contribution in [2.24, 2.45) is 11.8 Å². The van der Waals surface area contributed by atoms with Crippen LogP contribution in [0.15, 0.2) is 12.1 Å². The summed E-state index contributed by atoms with van der Waals surface area (Å²) in [5.41, 5.74) is 1.55. The van der Waals surface area contributed by atoms with E-state index in [9.17, 15) is 4.79 Å². The molecule has 1 heterocycles. The number of carbonyl (C=O) groups is 1. The van der Waals surface area contributed by atoms with E-state index in [1.54, 1.807) is 6.07 Å². The molecule has 1 aliphatic rings. The number of hydrogen-bond donors (Lipinski definition) is 2. The topological polar surface area (TPSA) is 54.1 Å². The van der Waals surface area contributed by atoms with Crippen molar-refractivity contribution in [1.29, 1.82) is 0 Å². The average molecular weight is 278 g/mol. The Morgan fingerprint density at radius 3 is 3.05 bits per heavy atom. The van der Waals surface area contributed by atoms with Crippen molar-refractivity contribution < 1.29 is 9.53 Å². The van der Waals surface area contributed by atoms with Gasteiger partial charge in [0.25, 0.3) is 0 Å². The molecule has 0 saturated heterocycles. The van der Waals surface area contributed by atoms with E-state index in [1.165, 1.54) is 39.2 Å². The molecule has 1 fully saturated rings. The molecular formula is C16H26N2O2. The molecule has 0 bridgehead atoms. The Hall–Kier alpha value is -1.29. The second-order valence-corrected chi connectivity index (χ2v) is 5.99. The van der Waals surface area contributed by atoms with Gasteiger partial charge in [0.15, 0.2) is 0 Å². The van der Waals surface area contributed by atoms with Crippen LogP contribution in [0.25, 0.3) is 0 Å². The smallest absolute Gasteiger partial charge is 0.354 e. The number of H-pyrrole nitrogens is 1. The van der Waals surface area contributed by atoms with Crippen molar-refractivity contribution in [3.8, 4) is 0 Å². The maximum Gasteiger partial charge on any atom is 0.354 e. The lowest BCUT2D eigenvalue weighted by Crippen LogP contribution is -2.21. The van der Waals surface area contributed by atoms with Crippen LogP contribution >= 0.6 is 0 Å². The monoisotopic (exact) mass is 278 g/mol. The third-order valence-corrected chi connectivity index (χ3v) is 4.24. The van der Waals surface area contributed by atoms with Crippen LogP contribution in [-0.4, -0.2) is 24.6 Å². The summed E-state index contributed by atoms with van der Waals surface area (Å²) in [5, 5.41) is 3.45. The number of nitrogens with one attached hydrogen (secondary N) is 2. The summed E-state index contributed by atoms with van der Waals surface area (Å²) in [6.45, 7) is 4.19. The lowest BCUT2D eigenvalue weighted by Gasteiger charge is -2.26. The second-order valence-electron chi connectivity index (χ2n) is 5.99. The Labute approximate surface area is 121 Å². The highest BCUT2D eigenvalue weighted by Crippen LogP contribution is 2.30. The van der Waals surface area contributed by atoms with Gasteiger partial charge in [-0.1, -0.05) is 26.2 Å². The molecule has 4 heteroatoms. The number of carbonyl (C=O) groups excluding carboxylic acids is 1. The van der Waals surface area contributed by atoms with E-state index >= 15 is 0 Å². The van der Waals surface area contributed by atoms with E-state index in [0.717, 1.165) is 30.6 Å². The number of rotatable bonds is 6. The fourth-order valence-corrected chi connectivity index (χ4v) is 3.12. The Bertz CT molecular complexity index is 428. The molecule has 1 saturated carbocycles. The maximum absolute atomic E-state index is 11.3. The van der Waals surface area contributed by atoms with Crippen molar-refractivity contribution in [1.82, 2.24) is 10.3 Å². The Kier molecular flexibility index (Phi) is 5.65. The highest BCUT2D eigenvalue weighted by molar-refractivity contribution is 5.87. The van der Waals surface area contributed by atoms with Gasteiger partial charge in [-0.3, -0.25) is 0 Å². The molecule has 20 heavy (non-hydrogen) atoms. The minimum Gasteiger partial charge on any atom is -0.464 e. The zero-order valence-electron chi connectivity index (χ0n) is 12.6. The molecule has 2 atom stereocenters. The zero-order chi connectivity index (χ0) is 14.4. The van der Waals surface area contributed by atoms with Crippen molar-refractivity contribution in [3.05, 3.63) is 23.5 Å². The molecule has 0 radical (unpaired) electrons. The van der Waals surface area contributed by atoms with Crippen LogP contribution in [0, 0.1) is 11.8 Å². The van der Waals surface area contributed by atoms with Gasteiger partial charge in [0.2, 0.25) is 0 Å². The molecule has 2 N–H and O–H groups in total. The van der Waals surface area contributed by atoms with E-state index in [4.69, 9.17) is 0 Å². The maximum atomic E-state index is 11.3. The number of esters is 1. The van der Waals surface area contributed by atoms with Gasteiger partial charge in [0, 0.05) is 12.2 Å². The number of methoxy groups -OCH3 is 1. The SMILES string of the molecule is COC(=O)c1ccc(CNCCC2CCCC(C)C2)[nH]1. The molecule has 112 valence electrons. The Balaban J connectivity index is 1.65. The number of aromatic nitrogens is 1. The molecule has 1 aliphatic carbocycles. The molecule has 2 rings (SSSR count). The van der Waals surface area contributed by atoms with Crippen LogP contribution < -0.4 is 5.32 Å². The summed E-state index contributed by atoms with van der Waals surface area (Å²) < 4.78 is 4.67. The Morgan fingerprint density at radius 2 is 2.30 bits per heavy atom. The standard InChI is InChI=1S/C16H26N2O2/c1-12-4-3-5-13(10-12)8-9-17-11-14-6-7-15(18-14)16(19)20-2/h6-7,12-13,17-18H,3-5,8-11H2,1-2H3. The molecule has 0 aliphatic heterocycles. The van der Waals surface area contributed by atoms with Crippen LogP contribution in [0.5, 0.6) is 0 Å². The number of aromatic amines is 1. The van der Waals surface area contributed by atoms with E-state index in [1.807, 2.05) is 6.07 Å². The summed E-state index contributed by atoms with van der Waals surface area (Å²) in [7, 11) is 1.40. The van der Waals surface area contributed by atoms with E-state index in [-0.39, 0.29) is 5.97 Å². The first-order valence-corrected chi connectivity index (χ1v) is 7.66. The first-order valence-electron chi connectivity index (χ1n) is 7.66. The summed E-state index contributed by atoms with van der Waals surface area (Å²) in [4.78, 5) is 14.4. The van der Waals surface area contributed by atoms with Crippen molar-refractivity contribution in [2.75, 3.05) is 13.7 Å². The molecule has 1 aromatic heterocycles. The third-order valence-electron chi connectivity index (χ3n) is 4.24. The van der Waals surface area contributed by atoms with E-state index in [0.29, 0.717) is 5.69 Å². The van der Waals surface area contributed by atoms with E-state index in [2.05, 4.69) is 22.0 Å². The van der Waals surface area contributed by atoms with Crippen LogP contribution in [0.4, 0.5) is 0 Å². The van der Waals surface area contributed by atoms with Gasteiger partial charge in [0.05, 0.1) is 7.11 Å². The normalized spacial score (nSPS) is 22.7. The summed E-state index contributed by atoms with van der Waals surface area (Å²) >= 11 is 0. The lowest BCUT2D eigenvalue weighted by atomic mass is 9.81. The first kappa shape index (κ1) is 15.1. The predicted molar refractivity (Wildman–Crippen MR) is 79.6 cm³/mol. The van der Waals surface area contributed by atoms with Crippen molar-refractivity contribution >= 4 is 5.97 Å². The quantitative estimate of drug-likeness (QED) is 0.621. The highest BCUT2D eigenvalue weighted by atomic mass is 16.5. The summed E-state index contributed by atoms with van der Waals surface area (Å²) in [6.07, 6.45) is 6.83. The van der Waals surface area contributed by atoms with Crippen LogP contribution in [-0.2, 0) is 11.3 Å². The molecular weight excluding hydrogens is 252 g/mol. The first-order chi connectivity index (χ1) is 9.69. The molecule has 1 aromatic rings. The number of ether oxygens (including phenoxy) is 1. The fourth-order valence-electron chi connectivity index (χ4n) is 3.12. The lowest BCUT2D eigenvalue weighted by molar-refractivity contribution is 0.0594. The predicted octanol–water partition coefficient (Wildman–Crippen LogP) is 3.11. The van der Waals surface area contributed by atoms with Crippen LogP contribution in [0.3, 0.4) is 0 Å². The fraction of sp³-hybridized carbons (Fsp3) is 0.688. The van der Waals surface area contributed by atoms with Crippen molar-refractivity contribution in [2.45, 2.75) is 45.6 Å². The van der Waals surface area contributed by atoms with Gasteiger partial charge in [-0.05, 0) is 43.4 Å². The van der Waals surface area contributed by atoms with Gasteiger partial charge in [-0.25, -0.2) is 4.79 Å². The third kappa shape index (κ3) is 4.37. The van der Waals surface area contributed by atoms with E-state index < -0.39 is 0 Å². The molecule has 0 spiro atoms. The summed E-state index contributed by atoms with van der Waals surface area (Å²) in [6, 6.07) is 3.70. The van der Waals surface area contributed by atoms with Gasteiger partial charge in [-0.2, -0.15) is 0 Å². The number of hydrogen-bond acceptors (Lipinski definition) is 3. The van der Waals surface area contributed by atoms with Gasteiger partial charge < -0.3 is 15.0 Å². The molecule has 2 unspecified atom stereocenters. The van der Waals surface area contributed by atoms with Gasteiger partial charge >= 0.3 is 5.97 Å². The van der Waals surface area contributed by atoms with Gasteiger partial charge in [0.1, 0.15) is 5.69 Å². The summed E-state index contributed by atoms with van der Waals surface area (Å²) in [5.74, 6) is 1.48. The van der Waals surface area contributed by atoms with Crippen LogP contribution in [0.1, 0.15) is 55.2 Å². The highest BCUT2D eigenvalue weighted by Gasteiger charge is 2.18. The average Bonchev–Trinajstić information content (AvgIpc) is 2.92. The molecule has 4 nitrogen and oxygen atoms in total. The minimum atomic E-state index is -0.313. The molecule has 0 aromatic carbocycles. The largest absolute Gasteiger partial charge is 0.464 e. The zero-order valence-corrected chi connectivity index (χ0v) is 12.6. The molecule has 0 amide bonds. The van der Waals surface area contributed by atoms with Crippen LogP contribution in [0.2, 0.25) is 0 Å².